The molecule has 0 radical (unpaired) electrons. The Morgan fingerprint density at radius 1 is 1.21 bits per heavy atom. The Kier molecular flexibility index (Phi) is 3.56. The molecule has 0 aromatic heterocycles. The highest BCUT2D eigenvalue weighted by atomic mass is 16.3. The van der Waals surface area contributed by atoms with Crippen molar-refractivity contribution in [3.63, 3.8) is 0 Å². The van der Waals surface area contributed by atoms with Crippen molar-refractivity contribution in [2.75, 3.05) is 5.32 Å². The van der Waals surface area contributed by atoms with Crippen molar-refractivity contribution < 1.29 is 9.90 Å². The molecule has 3 heteroatoms. The fraction of sp³-hybridized carbons (Fsp3) is 0.562. The molecule has 3 unspecified atom stereocenters. The van der Waals surface area contributed by atoms with Crippen molar-refractivity contribution in [2.24, 2.45) is 17.8 Å². The third-order valence-corrected chi connectivity index (χ3v) is 4.75. The molecule has 0 saturated heterocycles. The van der Waals surface area contributed by atoms with Gasteiger partial charge < -0.3 is 10.4 Å². The van der Waals surface area contributed by atoms with Gasteiger partial charge in [0.05, 0.1) is 6.61 Å². The Morgan fingerprint density at radius 2 is 2.00 bits per heavy atom. The maximum Gasteiger partial charge on any atom is 0.224 e. The molecule has 0 spiro atoms. The smallest absolute Gasteiger partial charge is 0.224 e. The van der Waals surface area contributed by atoms with E-state index in [2.05, 4.69) is 5.32 Å². The average molecular weight is 259 g/mol. The fourth-order valence-corrected chi connectivity index (χ4v) is 3.77. The molecule has 1 aromatic rings. The second-order valence-corrected chi connectivity index (χ2v) is 6.04. The number of carbonyl (C=O) groups excluding carboxylic acids is 1. The lowest BCUT2D eigenvalue weighted by atomic mass is 9.86. The molecule has 0 heterocycles. The van der Waals surface area contributed by atoms with Crippen LogP contribution in [0.1, 0.15) is 37.7 Å². The lowest BCUT2D eigenvalue weighted by Crippen LogP contribution is -2.20. The van der Waals surface area contributed by atoms with Crippen LogP contribution in [0, 0.1) is 17.8 Å². The Morgan fingerprint density at radius 3 is 2.58 bits per heavy atom. The molecule has 2 N–H and O–H groups in total. The van der Waals surface area contributed by atoms with Crippen LogP contribution in [-0.4, -0.2) is 11.0 Å². The topological polar surface area (TPSA) is 49.3 Å². The van der Waals surface area contributed by atoms with Gasteiger partial charge in [0, 0.05) is 12.1 Å². The predicted octanol–water partition coefficient (Wildman–Crippen LogP) is 2.94. The van der Waals surface area contributed by atoms with Gasteiger partial charge in [-0.05, 0) is 54.7 Å². The first kappa shape index (κ1) is 12.7. The molecule has 2 aliphatic rings. The van der Waals surface area contributed by atoms with E-state index >= 15 is 0 Å². The first-order valence-electron chi connectivity index (χ1n) is 7.24. The molecule has 1 aromatic carbocycles. The molecular formula is C16H21NO2. The van der Waals surface area contributed by atoms with E-state index in [-0.39, 0.29) is 12.5 Å². The first-order valence-corrected chi connectivity index (χ1v) is 7.24. The molecule has 0 aliphatic heterocycles. The summed E-state index contributed by atoms with van der Waals surface area (Å²) in [4.78, 5) is 12.0. The van der Waals surface area contributed by atoms with Crippen LogP contribution in [0.4, 0.5) is 5.69 Å². The highest BCUT2D eigenvalue weighted by molar-refractivity contribution is 5.90. The van der Waals surface area contributed by atoms with Crippen LogP contribution in [-0.2, 0) is 11.4 Å². The maximum atomic E-state index is 12.0. The second-order valence-electron chi connectivity index (χ2n) is 6.04. The van der Waals surface area contributed by atoms with E-state index in [1.807, 2.05) is 24.3 Å². The fourth-order valence-electron chi connectivity index (χ4n) is 3.77. The number of hydrogen-bond acceptors (Lipinski definition) is 2. The van der Waals surface area contributed by atoms with Crippen LogP contribution in [0.2, 0.25) is 0 Å². The first-order chi connectivity index (χ1) is 9.24. The minimum absolute atomic E-state index is 0.0410. The molecule has 2 bridgehead atoms. The Bertz CT molecular complexity index is 454. The van der Waals surface area contributed by atoms with Crippen LogP contribution in [0.3, 0.4) is 0 Å². The van der Waals surface area contributed by atoms with Crippen molar-refractivity contribution in [1.82, 2.24) is 0 Å². The number of nitrogens with one attached hydrogen (secondary N) is 1. The number of amides is 1. The SMILES string of the molecule is O=C(CC1CC2CCC1C2)Nc1ccc(CO)cc1. The summed E-state index contributed by atoms with van der Waals surface area (Å²) in [5, 5.41) is 11.9. The van der Waals surface area contributed by atoms with Crippen molar-refractivity contribution in [1.29, 1.82) is 0 Å². The number of rotatable bonds is 4. The summed E-state index contributed by atoms with van der Waals surface area (Å²) in [6.45, 7) is 0.0410. The summed E-state index contributed by atoms with van der Waals surface area (Å²) in [5.74, 6) is 2.43. The van der Waals surface area contributed by atoms with Gasteiger partial charge in [0.2, 0.25) is 5.91 Å². The quantitative estimate of drug-likeness (QED) is 0.873. The summed E-state index contributed by atoms with van der Waals surface area (Å²) >= 11 is 0. The zero-order valence-electron chi connectivity index (χ0n) is 11.1. The van der Waals surface area contributed by atoms with Gasteiger partial charge in [-0.15, -0.1) is 0 Å². The predicted molar refractivity (Wildman–Crippen MR) is 74.5 cm³/mol. The van der Waals surface area contributed by atoms with Crippen molar-refractivity contribution >= 4 is 11.6 Å². The molecule has 3 atom stereocenters. The molecule has 2 saturated carbocycles. The molecule has 1 amide bonds. The highest BCUT2D eigenvalue weighted by Crippen LogP contribution is 2.49. The molecule has 3 nitrogen and oxygen atoms in total. The molecule has 102 valence electrons. The largest absolute Gasteiger partial charge is 0.392 e. The van der Waals surface area contributed by atoms with Gasteiger partial charge in [0.1, 0.15) is 0 Å². The van der Waals surface area contributed by atoms with Gasteiger partial charge in [0.15, 0.2) is 0 Å². The summed E-state index contributed by atoms with van der Waals surface area (Å²) in [7, 11) is 0. The number of aliphatic hydroxyl groups excluding tert-OH is 1. The summed E-state index contributed by atoms with van der Waals surface area (Å²) in [5.41, 5.74) is 1.69. The normalized spacial score (nSPS) is 28.6. The monoisotopic (exact) mass is 259 g/mol. The summed E-state index contributed by atoms with van der Waals surface area (Å²) < 4.78 is 0. The standard InChI is InChI=1S/C16H21NO2/c18-10-11-2-5-15(6-3-11)17-16(19)9-14-8-12-1-4-13(14)7-12/h2-3,5-6,12-14,18H,1,4,7-10H2,(H,17,19). The maximum absolute atomic E-state index is 12.0. The highest BCUT2D eigenvalue weighted by Gasteiger charge is 2.40. The number of benzene rings is 1. The van der Waals surface area contributed by atoms with E-state index in [1.54, 1.807) is 0 Å². The van der Waals surface area contributed by atoms with Crippen molar-refractivity contribution in [3.8, 4) is 0 Å². The number of carbonyl (C=O) groups is 1. The van der Waals surface area contributed by atoms with Crippen LogP contribution in [0.5, 0.6) is 0 Å². The Balaban J connectivity index is 1.53. The van der Waals surface area contributed by atoms with Gasteiger partial charge in [-0.25, -0.2) is 0 Å². The van der Waals surface area contributed by atoms with E-state index in [0.717, 1.165) is 23.1 Å². The number of fused-ring (bicyclic) bond motifs is 2. The van der Waals surface area contributed by atoms with E-state index in [1.165, 1.54) is 25.7 Å². The van der Waals surface area contributed by atoms with E-state index < -0.39 is 0 Å². The van der Waals surface area contributed by atoms with E-state index in [9.17, 15) is 4.79 Å². The lowest BCUT2D eigenvalue weighted by Gasteiger charge is -2.20. The third kappa shape index (κ3) is 2.81. The van der Waals surface area contributed by atoms with Crippen LogP contribution in [0.15, 0.2) is 24.3 Å². The summed E-state index contributed by atoms with van der Waals surface area (Å²) in [6, 6.07) is 7.38. The van der Waals surface area contributed by atoms with Gasteiger partial charge in [-0.1, -0.05) is 18.6 Å². The van der Waals surface area contributed by atoms with Crippen molar-refractivity contribution in [2.45, 2.75) is 38.7 Å². The Labute approximate surface area is 114 Å². The molecule has 2 fully saturated rings. The lowest BCUT2D eigenvalue weighted by molar-refractivity contribution is -0.117. The van der Waals surface area contributed by atoms with Gasteiger partial charge in [-0.2, -0.15) is 0 Å². The van der Waals surface area contributed by atoms with Crippen LogP contribution < -0.4 is 5.32 Å². The van der Waals surface area contributed by atoms with Gasteiger partial charge in [-0.3, -0.25) is 4.79 Å². The molecule has 19 heavy (non-hydrogen) atoms. The molecule has 3 rings (SSSR count). The zero-order chi connectivity index (χ0) is 13.2. The van der Waals surface area contributed by atoms with E-state index in [0.29, 0.717) is 12.3 Å². The van der Waals surface area contributed by atoms with Gasteiger partial charge >= 0.3 is 0 Å². The molecule has 2 aliphatic carbocycles. The zero-order valence-corrected chi connectivity index (χ0v) is 11.1. The number of hydrogen-bond donors (Lipinski definition) is 2. The number of aliphatic hydroxyl groups is 1. The van der Waals surface area contributed by atoms with Gasteiger partial charge in [0.25, 0.3) is 0 Å². The second kappa shape index (κ2) is 5.33. The third-order valence-electron chi connectivity index (χ3n) is 4.75. The van der Waals surface area contributed by atoms with Crippen LogP contribution in [0.25, 0.3) is 0 Å². The van der Waals surface area contributed by atoms with Crippen molar-refractivity contribution in [3.05, 3.63) is 29.8 Å². The number of anilines is 1. The van der Waals surface area contributed by atoms with Crippen LogP contribution >= 0.6 is 0 Å². The minimum atomic E-state index is 0.0410. The minimum Gasteiger partial charge on any atom is -0.392 e. The molecular weight excluding hydrogens is 238 g/mol. The van der Waals surface area contributed by atoms with E-state index in [4.69, 9.17) is 5.11 Å². The summed E-state index contributed by atoms with van der Waals surface area (Å²) in [6.07, 6.45) is 5.98. The Hall–Kier alpha value is -1.35. The average Bonchev–Trinajstić information content (AvgIpc) is 3.02.